The van der Waals surface area contributed by atoms with Crippen molar-refractivity contribution in [3.63, 3.8) is 0 Å². The standard InChI is InChI=1S/C28H23N5O.C20H19N3O.C18H16N4O3.C12H12N2.C10H9N2.C6H6N2O2.4CH4.3ClH/c1-33-17-14-22(15-18-33)30-23-5-4-6-24(19-23)32-28(34)20-9-11-21(12-10-20)31-27-13-16-29-26-8-3-2-7-25(26)27;1-15-6-8-16(9-7-15)20(24)22-19-5-3-4-18(14-19)21-17-10-12-23(2)13-11-17;23-21-18(13-4-6-17(7-5-13)22(24)25)14-2-1-3-16(12-14)20-15-8-10-19-11-9-15;1-10-3-2-4-12(9-10)14-11-5-7-13-8-6-11;1-2-8-12(9-3-1)10-4-6-11-7-5-10;7-5-2-1-3-6(4-5)8(9)10;;;;;;;/h2-19H,1H3,(H2,29,31,32,34);3-14H,1-2H3,(H,22,24);1-12,18,21,23H,(H,19,20);2-9H,1H3,(H,13,14);1-9H;1-4H,7H2;4*1H4;3*1H/q;;;;+1;;;;;;;;/p-1. The Morgan fingerprint density at radius 2 is 0.802 bits per heavy atom. The number of nitrogens with zero attached hydrogens (tertiary/aromatic N) is 9. The van der Waals surface area contributed by atoms with Crippen LogP contribution in [0.4, 0.5) is 85.3 Å². The molecule has 16 rings (SSSR count). The zero-order valence-electron chi connectivity index (χ0n) is 66.6. The molecule has 0 spiro atoms. The van der Waals surface area contributed by atoms with E-state index in [0.717, 1.165) is 96.0 Å². The molecule has 9 aromatic carbocycles. The molecule has 0 aliphatic rings. The lowest BCUT2D eigenvalue weighted by Crippen LogP contribution is -3.00. The number of aromatic nitrogens is 7. The smallest absolute Gasteiger partial charge is 0.271 e. The molecule has 16 aromatic rings. The maximum Gasteiger partial charge on any atom is 0.271 e. The second-order valence-corrected chi connectivity index (χ2v) is 26.7. The van der Waals surface area contributed by atoms with E-state index in [2.05, 4.69) is 81.7 Å². The summed E-state index contributed by atoms with van der Waals surface area (Å²) in [6.45, 7) is 4.08. The summed E-state index contributed by atoms with van der Waals surface area (Å²) in [4.78, 5) is 61.3. The molecular weight excluding hydrogens is 1650 g/mol. The van der Waals surface area contributed by atoms with Crippen molar-refractivity contribution in [2.75, 3.05) is 43.0 Å². The molecule has 0 saturated carbocycles. The summed E-state index contributed by atoms with van der Waals surface area (Å²) in [5.41, 5.74) is 26.3. The number of carbonyl (C=O) groups excluding carboxylic acids is 2. The van der Waals surface area contributed by atoms with Crippen LogP contribution in [0.1, 0.15) is 78.7 Å². The Kier molecular flexibility index (Phi) is 43.6. The zero-order valence-corrected chi connectivity index (χ0v) is 68.9. The van der Waals surface area contributed by atoms with Crippen LogP contribution in [0.5, 0.6) is 0 Å². The average molecular weight is 1750 g/mol. The van der Waals surface area contributed by atoms with Crippen molar-refractivity contribution in [1.29, 1.82) is 0 Å². The number of carbonyl (C=O) groups is 2. The van der Waals surface area contributed by atoms with Gasteiger partial charge >= 0.3 is 0 Å². The van der Waals surface area contributed by atoms with E-state index in [4.69, 9.17) is 5.73 Å². The van der Waals surface area contributed by atoms with Crippen molar-refractivity contribution in [2.45, 2.75) is 49.6 Å². The first-order chi connectivity index (χ1) is 57.9. The molecule has 2 amide bonds. The van der Waals surface area contributed by atoms with Crippen molar-refractivity contribution in [3.8, 4) is 5.69 Å². The Labute approximate surface area is 754 Å². The number of non-ortho nitro benzene ring substituents is 2. The van der Waals surface area contributed by atoms with E-state index in [-0.39, 0.29) is 90.1 Å². The molecule has 648 valence electrons. The van der Waals surface area contributed by atoms with E-state index in [1.807, 2.05) is 315 Å². The maximum absolute atomic E-state index is 12.8. The number of nitro groups is 2. The molecule has 126 heavy (non-hydrogen) atoms. The Hall–Kier alpha value is -15.4. The number of aryl methyl sites for hydroxylation is 4. The minimum Gasteiger partial charge on any atom is -1.00 e. The second-order valence-electron chi connectivity index (χ2n) is 26.7. The summed E-state index contributed by atoms with van der Waals surface area (Å²) in [5, 5.41) is 54.1. The summed E-state index contributed by atoms with van der Waals surface area (Å²) < 4.78 is 5.99. The SMILES string of the molecule is C.C.C.C.C[n+]1ccc(Nc2cccc(NC(=O)c3ccc(Nc4ccnc5ccccc45)cc3)c2)cc1.Cc1ccc(C(=O)Nc2cccc(Nc3cc[n+](C)cc3)c2)cc1.Cc1cccc(Nc2ccncc2)c1.Nc1cccc([N+](=O)[O-])c1.O=[N+]([O-])c1ccc(C(NO)c2cccc(Nc3ccncc3)c2)cc1.[Cl-].[Cl-].[Cl-].c1cc[n+](-c2ccncc2)cc1. The largest absolute Gasteiger partial charge is 1.00 e. The van der Waals surface area contributed by atoms with Gasteiger partial charge in [0, 0.05) is 195 Å². The monoisotopic (exact) mass is 1750 g/mol. The lowest BCUT2D eigenvalue weighted by atomic mass is 9.98. The number of pyridine rings is 7. The van der Waals surface area contributed by atoms with Crippen LogP contribution in [0.3, 0.4) is 0 Å². The molecule has 1 unspecified atom stereocenters. The van der Waals surface area contributed by atoms with E-state index in [1.165, 1.54) is 29.8 Å². The van der Waals surface area contributed by atoms with E-state index >= 15 is 0 Å². The molecule has 0 fully saturated rings. The van der Waals surface area contributed by atoms with Crippen LogP contribution >= 0.6 is 0 Å². The molecule has 1 atom stereocenters. The van der Waals surface area contributed by atoms with Crippen LogP contribution in [-0.4, -0.2) is 46.8 Å². The number of hydrogen-bond acceptors (Lipinski definition) is 18. The Morgan fingerprint density at radius 3 is 1.28 bits per heavy atom. The lowest BCUT2D eigenvalue weighted by Gasteiger charge is -2.17. The third-order valence-electron chi connectivity index (χ3n) is 17.7. The molecule has 25 nitrogen and oxygen atoms in total. The summed E-state index contributed by atoms with van der Waals surface area (Å²) >= 11 is 0. The van der Waals surface area contributed by atoms with Crippen LogP contribution in [0.15, 0.2) is 384 Å². The van der Waals surface area contributed by atoms with Gasteiger partial charge in [-0.25, -0.2) is 9.13 Å². The molecule has 0 saturated heterocycles. The summed E-state index contributed by atoms with van der Waals surface area (Å²) in [6, 6.07) is 93.0. The van der Waals surface area contributed by atoms with Gasteiger partial charge in [0.1, 0.15) is 14.1 Å². The van der Waals surface area contributed by atoms with Crippen molar-refractivity contribution >= 4 is 108 Å². The van der Waals surface area contributed by atoms with Crippen LogP contribution in [0.25, 0.3) is 16.6 Å². The van der Waals surface area contributed by atoms with Crippen molar-refractivity contribution in [1.82, 2.24) is 25.4 Å². The minimum atomic E-state index is -0.500. The molecule has 0 radical (unpaired) electrons. The fourth-order valence-corrected chi connectivity index (χ4v) is 11.6. The highest BCUT2D eigenvalue weighted by Crippen LogP contribution is 2.30. The van der Waals surface area contributed by atoms with Gasteiger partial charge in [-0.3, -0.25) is 49.8 Å². The van der Waals surface area contributed by atoms with E-state index in [0.29, 0.717) is 22.4 Å². The van der Waals surface area contributed by atoms with Gasteiger partial charge in [0.15, 0.2) is 37.2 Å². The number of nitrogens with two attached hydrogens (primary N) is 1. The number of nitrogens with one attached hydrogen (secondary N) is 8. The first kappa shape index (κ1) is 103. The number of nitrogen functional groups attached to an aromatic ring is 1. The summed E-state index contributed by atoms with van der Waals surface area (Å²) in [5.74, 6) is -0.274. The predicted molar refractivity (Wildman–Crippen MR) is 496 cm³/mol. The average Bonchev–Trinajstić information content (AvgIpc) is 0.823. The number of hydrogen-bond donors (Lipinski definition) is 10. The van der Waals surface area contributed by atoms with Crippen LogP contribution < -0.4 is 99.4 Å². The molecular formula is C98H103Cl3N18O7. The number of halogens is 3. The first-order valence-corrected chi connectivity index (χ1v) is 37.5. The van der Waals surface area contributed by atoms with Gasteiger partial charge in [-0.15, -0.1) is 0 Å². The number of anilines is 13. The molecule has 0 bridgehead atoms. The highest BCUT2D eigenvalue weighted by atomic mass is 35.5. The summed E-state index contributed by atoms with van der Waals surface area (Å²) in [7, 11) is 3.95. The fraction of sp³-hybridized carbons (Fsp3) is 0.0918. The predicted octanol–water partition coefficient (Wildman–Crippen LogP) is 12.6. The lowest BCUT2D eigenvalue weighted by molar-refractivity contribution is -0.671. The summed E-state index contributed by atoms with van der Waals surface area (Å²) in [6.07, 6.45) is 24.2. The Bertz CT molecular complexity index is 5910. The third-order valence-corrected chi connectivity index (χ3v) is 17.7. The number of hydroxylamine groups is 1. The van der Waals surface area contributed by atoms with E-state index in [9.17, 15) is 35.0 Å². The Balaban J connectivity index is 0.000000328. The number of rotatable bonds is 20. The number of para-hydroxylation sites is 1. The molecule has 28 heteroatoms. The van der Waals surface area contributed by atoms with Gasteiger partial charge in [-0.1, -0.05) is 126 Å². The molecule has 0 aliphatic heterocycles. The number of nitro benzene ring substituents is 2. The van der Waals surface area contributed by atoms with Gasteiger partial charge in [0.25, 0.3) is 23.2 Å². The molecule has 0 aliphatic carbocycles. The van der Waals surface area contributed by atoms with Gasteiger partial charge in [-0.2, -0.15) is 10.0 Å². The topological polar surface area (TPSA) is 326 Å². The second kappa shape index (κ2) is 53.4. The highest BCUT2D eigenvalue weighted by Gasteiger charge is 2.17. The quantitative estimate of drug-likeness (QED) is 0.0147. The van der Waals surface area contributed by atoms with Gasteiger partial charge < -0.3 is 85.4 Å². The van der Waals surface area contributed by atoms with Crippen molar-refractivity contribution < 1.29 is 75.6 Å². The van der Waals surface area contributed by atoms with Crippen LogP contribution in [0, 0.1) is 34.1 Å². The van der Waals surface area contributed by atoms with Crippen molar-refractivity contribution in [3.05, 3.63) is 437 Å². The number of benzene rings is 9. The maximum atomic E-state index is 12.8. The first-order valence-electron chi connectivity index (χ1n) is 37.5. The van der Waals surface area contributed by atoms with Crippen LogP contribution in [0.2, 0.25) is 0 Å². The van der Waals surface area contributed by atoms with Gasteiger partial charge in [0.05, 0.1) is 32.8 Å². The van der Waals surface area contributed by atoms with Crippen molar-refractivity contribution in [2.24, 2.45) is 14.1 Å². The molecule has 7 heterocycles. The van der Waals surface area contributed by atoms with E-state index < -0.39 is 15.9 Å². The third kappa shape index (κ3) is 32.9. The highest BCUT2D eigenvalue weighted by molar-refractivity contribution is 6.05. The van der Waals surface area contributed by atoms with E-state index in [1.54, 1.807) is 67.6 Å². The normalized spacial score (nSPS) is 9.88. The molecule has 11 N–H and O–H groups in total. The van der Waals surface area contributed by atoms with Gasteiger partial charge in [0.2, 0.25) is 5.69 Å². The Morgan fingerprint density at radius 1 is 0.373 bits per heavy atom. The number of fused-ring (bicyclic) bond motifs is 1. The molecule has 7 aromatic heterocycles. The minimum absolute atomic E-state index is 0. The zero-order chi connectivity index (χ0) is 83.5. The fourth-order valence-electron chi connectivity index (χ4n) is 11.6. The van der Waals surface area contributed by atoms with Gasteiger partial charge in [-0.05, 0) is 170 Å². The van der Waals surface area contributed by atoms with Crippen LogP contribution in [-0.2, 0) is 14.1 Å². The number of amides is 2.